The van der Waals surface area contributed by atoms with Gasteiger partial charge in [-0.1, -0.05) is 49.3 Å². The first-order valence-electron chi connectivity index (χ1n) is 18.8. The van der Waals surface area contributed by atoms with E-state index in [-0.39, 0.29) is 49.4 Å². The van der Waals surface area contributed by atoms with Gasteiger partial charge >= 0.3 is 5.97 Å². The highest BCUT2D eigenvalue weighted by atomic mass is 32.2. The predicted octanol–water partition coefficient (Wildman–Crippen LogP) is 4.11. The molecular weight excluding hydrogens is 700 g/mol. The highest BCUT2D eigenvalue weighted by Crippen LogP contribution is 2.46. The lowest BCUT2D eigenvalue weighted by molar-refractivity contribution is -0.153. The van der Waals surface area contributed by atoms with Gasteiger partial charge in [-0.2, -0.15) is 0 Å². The number of amides is 4. The van der Waals surface area contributed by atoms with Crippen molar-refractivity contribution < 1.29 is 37.8 Å². The maximum Gasteiger partial charge on any atom is 0.309 e. The van der Waals surface area contributed by atoms with Crippen molar-refractivity contribution >= 4 is 41.5 Å². The molecule has 5 aliphatic rings. The first-order chi connectivity index (χ1) is 25.6. The molecule has 2 aliphatic heterocycles. The number of methoxy groups -OCH3 is 1. The summed E-state index contributed by atoms with van der Waals surface area (Å²) in [6, 6.07) is 9.97. The summed E-state index contributed by atoms with van der Waals surface area (Å²) in [6.07, 6.45) is 9.92. The number of allylic oxidation sites excluding steroid dienone is 1. The molecule has 7 rings (SSSR count). The Balaban J connectivity index is 1.11. The second-order valence-corrected chi connectivity index (χ2v) is 16.1. The first-order valence-corrected chi connectivity index (χ1v) is 19.7. The van der Waals surface area contributed by atoms with E-state index < -0.39 is 47.4 Å². The van der Waals surface area contributed by atoms with Crippen LogP contribution < -0.4 is 20.1 Å². The minimum absolute atomic E-state index is 0.0267. The SMILES string of the molecule is COc1ccc(CC(=O)N[C@H]2CCCCC/C=C\C3C[C@@]3(C(=O)NSC3CC3)NC(=O)C3C[C@@H](OC(=O)C4Cc5cccc(F)c5C4)CN3C2=O)cc1. The van der Waals surface area contributed by atoms with Crippen molar-refractivity contribution in [2.24, 2.45) is 11.8 Å². The van der Waals surface area contributed by atoms with Gasteiger partial charge in [-0.25, -0.2) is 4.39 Å². The van der Waals surface area contributed by atoms with Crippen molar-refractivity contribution in [3.63, 3.8) is 0 Å². The average molecular weight is 747 g/mol. The number of nitrogens with zero attached hydrogens (tertiary/aromatic N) is 1. The molecule has 0 spiro atoms. The molecule has 13 heteroatoms. The molecule has 0 bridgehead atoms. The summed E-state index contributed by atoms with van der Waals surface area (Å²) in [4.78, 5) is 70.6. The molecule has 2 heterocycles. The largest absolute Gasteiger partial charge is 0.497 e. The minimum Gasteiger partial charge on any atom is -0.497 e. The van der Waals surface area contributed by atoms with Gasteiger partial charge < -0.3 is 25.0 Å². The van der Waals surface area contributed by atoms with E-state index in [1.807, 2.05) is 6.08 Å². The van der Waals surface area contributed by atoms with Crippen LogP contribution in [0.2, 0.25) is 0 Å². The topological polar surface area (TPSA) is 143 Å². The number of rotatable bonds is 9. The highest BCUT2D eigenvalue weighted by molar-refractivity contribution is 7.98. The summed E-state index contributed by atoms with van der Waals surface area (Å²) in [6.45, 7) is -0.0540. The van der Waals surface area contributed by atoms with Crippen LogP contribution in [-0.4, -0.2) is 77.1 Å². The molecule has 1 saturated heterocycles. The van der Waals surface area contributed by atoms with Gasteiger partial charge in [0.05, 0.1) is 26.0 Å². The number of halogens is 1. The van der Waals surface area contributed by atoms with Gasteiger partial charge in [0.15, 0.2) is 0 Å². The molecule has 282 valence electrons. The Hall–Kier alpha value is -4.39. The number of carbonyl (C=O) groups is 5. The predicted molar refractivity (Wildman–Crippen MR) is 196 cm³/mol. The third kappa shape index (κ3) is 8.55. The van der Waals surface area contributed by atoms with Crippen LogP contribution in [0.4, 0.5) is 4.39 Å². The number of ether oxygens (including phenoxy) is 2. The van der Waals surface area contributed by atoms with Crippen LogP contribution in [0.15, 0.2) is 54.6 Å². The van der Waals surface area contributed by atoms with Gasteiger partial charge in [0, 0.05) is 17.6 Å². The van der Waals surface area contributed by atoms with Crippen LogP contribution in [0, 0.1) is 17.7 Å². The van der Waals surface area contributed by atoms with Gasteiger partial charge in [0.1, 0.15) is 35.3 Å². The maximum atomic E-state index is 14.5. The van der Waals surface area contributed by atoms with Gasteiger partial charge in [0.2, 0.25) is 17.7 Å². The number of carbonyl (C=O) groups excluding carboxylic acids is 5. The number of hydrogen-bond donors (Lipinski definition) is 3. The zero-order valence-electron chi connectivity index (χ0n) is 29.9. The van der Waals surface area contributed by atoms with Gasteiger partial charge in [-0.15, -0.1) is 0 Å². The molecule has 3 N–H and O–H groups in total. The number of nitrogens with one attached hydrogen (secondary N) is 3. The van der Waals surface area contributed by atoms with Crippen LogP contribution >= 0.6 is 11.9 Å². The molecule has 0 radical (unpaired) electrons. The number of fused-ring (bicyclic) bond motifs is 3. The number of benzene rings is 2. The molecule has 3 unspecified atom stereocenters. The molecule has 2 aromatic rings. The second kappa shape index (κ2) is 15.9. The monoisotopic (exact) mass is 746 g/mol. The smallest absolute Gasteiger partial charge is 0.309 e. The summed E-state index contributed by atoms with van der Waals surface area (Å²) in [5.74, 6) is -2.52. The molecule has 4 amide bonds. The molecule has 2 aromatic carbocycles. The molecule has 2 saturated carbocycles. The highest BCUT2D eigenvalue weighted by Gasteiger charge is 2.61. The lowest BCUT2D eigenvalue weighted by Crippen LogP contribution is -2.57. The standard InChI is InChI=1S/C40H47FN4O7S/c1-51-28-14-12-24(13-15-28)18-35(46)42-33-11-6-4-2-3-5-9-27-22-40(27,39(50)44-53-30-16-17-30)43-36(47)34-21-29(23-45(34)37(33)48)52-38(49)26-19-25-8-7-10-32(41)31(25)20-26/h5,7-10,12-15,26-27,29-30,33-34H,2-4,6,11,16-23H2,1H3,(H,42,46)(H,43,47)(H,44,50)/b9-5-/t26?,27?,29-,33+,34?,40-/m1/s1. The fourth-order valence-corrected chi connectivity index (χ4v) is 8.62. The van der Waals surface area contributed by atoms with Crippen LogP contribution in [0.5, 0.6) is 5.75 Å². The van der Waals surface area contributed by atoms with E-state index in [0.717, 1.165) is 43.2 Å². The van der Waals surface area contributed by atoms with E-state index in [2.05, 4.69) is 21.4 Å². The normalized spacial score (nSPS) is 28.9. The van der Waals surface area contributed by atoms with E-state index in [0.29, 0.717) is 42.2 Å². The summed E-state index contributed by atoms with van der Waals surface area (Å²) < 4.78 is 28.6. The molecule has 3 fully saturated rings. The van der Waals surface area contributed by atoms with Gasteiger partial charge in [0.25, 0.3) is 5.91 Å². The molecular formula is C40H47FN4O7S. The second-order valence-electron chi connectivity index (χ2n) is 15.0. The Kier molecular flexibility index (Phi) is 11.1. The zero-order valence-corrected chi connectivity index (χ0v) is 30.8. The minimum atomic E-state index is -1.15. The zero-order chi connectivity index (χ0) is 37.1. The summed E-state index contributed by atoms with van der Waals surface area (Å²) >= 11 is 1.38. The maximum absolute atomic E-state index is 14.5. The molecule has 3 aliphatic carbocycles. The van der Waals surface area contributed by atoms with E-state index in [1.165, 1.54) is 22.9 Å². The molecule has 11 nitrogen and oxygen atoms in total. The van der Waals surface area contributed by atoms with E-state index in [9.17, 15) is 28.4 Å². The Bertz CT molecular complexity index is 1770. The fourth-order valence-electron chi connectivity index (χ4n) is 7.79. The first kappa shape index (κ1) is 36.9. The Morgan fingerprint density at radius 2 is 1.85 bits per heavy atom. The molecule has 6 atom stereocenters. The Labute approximate surface area is 313 Å². The van der Waals surface area contributed by atoms with Crippen molar-refractivity contribution in [3.8, 4) is 5.75 Å². The Morgan fingerprint density at radius 3 is 2.60 bits per heavy atom. The van der Waals surface area contributed by atoms with Gasteiger partial charge in [-0.3, -0.25) is 28.7 Å². The van der Waals surface area contributed by atoms with Crippen molar-refractivity contribution in [2.75, 3.05) is 13.7 Å². The third-order valence-corrected chi connectivity index (χ3v) is 12.2. The van der Waals surface area contributed by atoms with E-state index in [4.69, 9.17) is 9.47 Å². The van der Waals surface area contributed by atoms with Crippen molar-refractivity contribution in [1.82, 2.24) is 20.3 Å². The number of hydrogen-bond acceptors (Lipinski definition) is 8. The Morgan fingerprint density at radius 1 is 1.04 bits per heavy atom. The molecule has 0 aromatic heterocycles. The average Bonchev–Trinajstić information content (AvgIpc) is 4.01. The van der Waals surface area contributed by atoms with Crippen LogP contribution in [0.3, 0.4) is 0 Å². The summed E-state index contributed by atoms with van der Waals surface area (Å²) in [5, 5.41) is 6.34. The number of esters is 1. The van der Waals surface area contributed by atoms with Crippen molar-refractivity contribution in [2.45, 2.75) is 106 Å². The van der Waals surface area contributed by atoms with E-state index in [1.54, 1.807) is 43.5 Å². The van der Waals surface area contributed by atoms with Crippen LogP contribution in [-0.2, 0) is 48.0 Å². The van der Waals surface area contributed by atoms with Crippen LogP contribution in [0.25, 0.3) is 0 Å². The molecule has 53 heavy (non-hydrogen) atoms. The van der Waals surface area contributed by atoms with E-state index >= 15 is 0 Å². The third-order valence-electron chi connectivity index (χ3n) is 11.1. The quantitative estimate of drug-likeness (QED) is 0.198. The summed E-state index contributed by atoms with van der Waals surface area (Å²) in [7, 11) is 1.57. The van der Waals surface area contributed by atoms with Crippen molar-refractivity contribution in [3.05, 3.63) is 77.1 Å². The lowest BCUT2D eigenvalue weighted by atomic mass is 10.0. The fraction of sp³-hybridized carbons (Fsp3) is 0.525. The summed E-state index contributed by atoms with van der Waals surface area (Å²) in [5.41, 5.74) is 0.879. The van der Waals surface area contributed by atoms with Gasteiger partial charge in [-0.05, 0) is 98.2 Å². The van der Waals surface area contributed by atoms with Crippen molar-refractivity contribution in [1.29, 1.82) is 0 Å². The van der Waals surface area contributed by atoms with Crippen LogP contribution in [0.1, 0.15) is 74.5 Å². The lowest BCUT2D eigenvalue weighted by Gasteiger charge is -2.30.